The lowest BCUT2D eigenvalue weighted by molar-refractivity contribution is -0.189. The third-order valence-electron chi connectivity index (χ3n) is 5.43. The van der Waals surface area contributed by atoms with Crippen LogP contribution >= 0.6 is 11.3 Å². The number of carbonyl (C=O) groups is 1. The van der Waals surface area contributed by atoms with Crippen molar-refractivity contribution in [1.29, 1.82) is 0 Å². The molecule has 12 heteroatoms. The van der Waals surface area contributed by atoms with E-state index in [2.05, 4.69) is 20.2 Å². The minimum absolute atomic E-state index is 0.0217. The number of hydrogen-bond donors (Lipinski definition) is 3. The minimum atomic E-state index is -4.56. The number of alkyl halides is 3. The van der Waals surface area contributed by atoms with E-state index in [0.717, 1.165) is 44.2 Å². The van der Waals surface area contributed by atoms with Gasteiger partial charge in [-0.15, -0.1) is 11.3 Å². The molecule has 5 N–H and O–H groups in total. The largest absolute Gasteiger partial charge is 0.463 e. The SMILES string of the molecule is Cc1c(C(=O)NC2CCN(C)CC2)sc(N)c1C(N)=Nc1cccnc1OC(C)C(F)(F)F. The molecule has 3 rings (SSSR count). The summed E-state index contributed by atoms with van der Waals surface area (Å²) in [5.74, 6) is -0.587. The van der Waals surface area contributed by atoms with Gasteiger partial charge in [0.1, 0.15) is 11.5 Å². The number of nitrogens with two attached hydrogens (primary N) is 2. The van der Waals surface area contributed by atoms with Gasteiger partial charge in [0.25, 0.3) is 5.91 Å². The molecule has 1 amide bonds. The van der Waals surface area contributed by atoms with Gasteiger partial charge in [-0.05, 0) is 64.5 Å². The number of anilines is 1. The predicted molar refractivity (Wildman–Crippen MR) is 122 cm³/mol. The number of pyridine rings is 1. The molecule has 0 aromatic carbocycles. The number of piperidine rings is 1. The van der Waals surface area contributed by atoms with E-state index < -0.39 is 12.3 Å². The molecule has 1 saturated heterocycles. The van der Waals surface area contributed by atoms with Crippen LogP contribution in [-0.2, 0) is 0 Å². The van der Waals surface area contributed by atoms with Gasteiger partial charge >= 0.3 is 6.18 Å². The number of aliphatic imine (C=N–C) groups is 1. The van der Waals surface area contributed by atoms with Crippen LogP contribution in [0, 0.1) is 6.92 Å². The maximum atomic E-state index is 12.9. The summed E-state index contributed by atoms with van der Waals surface area (Å²) in [5.41, 5.74) is 13.2. The smallest absolute Gasteiger partial charge is 0.425 e. The number of carbonyl (C=O) groups excluding carboxylic acids is 1. The number of nitrogen functional groups attached to an aromatic ring is 1. The summed E-state index contributed by atoms with van der Waals surface area (Å²) in [6.45, 7) is 4.40. The van der Waals surface area contributed by atoms with Gasteiger partial charge in [0, 0.05) is 12.2 Å². The van der Waals surface area contributed by atoms with Crippen LogP contribution in [0.2, 0.25) is 0 Å². The fourth-order valence-electron chi connectivity index (χ4n) is 3.45. The van der Waals surface area contributed by atoms with Crippen molar-refractivity contribution < 1.29 is 22.7 Å². The number of hydrogen-bond acceptors (Lipinski definition) is 7. The fourth-order valence-corrected chi connectivity index (χ4v) is 4.44. The number of nitrogens with one attached hydrogen (secondary N) is 1. The van der Waals surface area contributed by atoms with Gasteiger partial charge in [-0.25, -0.2) is 9.98 Å². The van der Waals surface area contributed by atoms with E-state index in [1.807, 2.05) is 7.05 Å². The Hall–Kier alpha value is -2.86. The second kappa shape index (κ2) is 9.96. The fraction of sp³-hybridized carbons (Fsp3) is 0.476. The predicted octanol–water partition coefficient (Wildman–Crippen LogP) is 3.22. The zero-order valence-electron chi connectivity index (χ0n) is 18.6. The minimum Gasteiger partial charge on any atom is -0.463 e. The Morgan fingerprint density at radius 1 is 1.39 bits per heavy atom. The molecule has 1 atom stereocenters. The van der Waals surface area contributed by atoms with Crippen LogP contribution in [0.1, 0.15) is 40.6 Å². The molecular formula is C21H27F3N6O2S. The summed E-state index contributed by atoms with van der Waals surface area (Å²) in [6, 6.07) is 3.02. The average molecular weight is 485 g/mol. The van der Waals surface area contributed by atoms with Gasteiger partial charge < -0.3 is 26.4 Å². The lowest BCUT2D eigenvalue weighted by atomic mass is 10.0. The Bertz CT molecular complexity index is 1030. The van der Waals surface area contributed by atoms with Crippen LogP contribution in [0.5, 0.6) is 5.88 Å². The number of nitrogens with zero attached hydrogens (tertiary/aromatic N) is 3. The number of halogens is 3. The van der Waals surface area contributed by atoms with Crippen molar-refractivity contribution in [3.8, 4) is 5.88 Å². The lowest BCUT2D eigenvalue weighted by Crippen LogP contribution is -2.43. The van der Waals surface area contributed by atoms with Crippen LogP contribution in [-0.4, -0.2) is 60.1 Å². The quantitative estimate of drug-likeness (QED) is 0.428. The van der Waals surface area contributed by atoms with Crippen LogP contribution in [0.15, 0.2) is 23.3 Å². The third kappa shape index (κ3) is 5.93. The summed E-state index contributed by atoms with van der Waals surface area (Å²) in [5, 5.41) is 3.33. The molecule has 3 heterocycles. The summed E-state index contributed by atoms with van der Waals surface area (Å²) < 4.78 is 43.6. The third-order valence-corrected chi connectivity index (χ3v) is 6.55. The van der Waals surface area contributed by atoms with Crippen molar-refractivity contribution in [3.05, 3.63) is 34.3 Å². The van der Waals surface area contributed by atoms with Crippen LogP contribution in [0.4, 0.5) is 23.9 Å². The van der Waals surface area contributed by atoms with Gasteiger partial charge in [-0.1, -0.05) is 0 Å². The monoisotopic (exact) mass is 484 g/mol. The van der Waals surface area contributed by atoms with E-state index in [0.29, 0.717) is 16.0 Å². The van der Waals surface area contributed by atoms with Crippen molar-refractivity contribution in [2.75, 3.05) is 25.9 Å². The number of rotatable bonds is 6. The van der Waals surface area contributed by atoms with E-state index in [1.165, 1.54) is 18.3 Å². The highest BCUT2D eigenvalue weighted by Gasteiger charge is 2.38. The Kier molecular flexibility index (Phi) is 7.48. The number of amides is 1. The average Bonchev–Trinajstić information content (AvgIpc) is 3.04. The summed E-state index contributed by atoms with van der Waals surface area (Å²) in [7, 11) is 2.04. The van der Waals surface area contributed by atoms with Gasteiger partial charge in [0.05, 0.1) is 15.4 Å². The number of thiophene rings is 1. The van der Waals surface area contributed by atoms with E-state index in [1.54, 1.807) is 6.92 Å². The van der Waals surface area contributed by atoms with Crippen LogP contribution in [0.25, 0.3) is 0 Å². The van der Waals surface area contributed by atoms with Crippen molar-refractivity contribution in [2.24, 2.45) is 10.7 Å². The highest BCUT2D eigenvalue weighted by Crippen LogP contribution is 2.33. The first-order valence-corrected chi connectivity index (χ1v) is 11.2. The molecule has 1 unspecified atom stereocenters. The van der Waals surface area contributed by atoms with E-state index >= 15 is 0 Å². The molecule has 2 aromatic heterocycles. The summed E-state index contributed by atoms with van der Waals surface area (Å²) in [6.07, 6.45) is -3.62. The molecule has 1 aliphatic rings. The maximum absolute atomic E-state index is 12.9. The van der Waals surface area contributed by atoms with Gasteiger partial charge in [0.15, 0.2) is 6.10 Å². The van der Waals surface area contributed by atoms with Crippen molar-refractivity contribution >= 4 is 33.8 Å². The molecule has 1 fully saturated rings. The highest BCUT2D eigenvalue weighted by atomic mass is 32.1. The zero-order chi connectivity index (χ0) is 24.3. The van der Waals surface area contributed by atoms with Crippen LogP contribution < -0.4 is 21.5 Å². The van der Waals surface area contributed by atoms with Crippen molar-refractivity contribution in [3.63, 3.8) is 0 Å². The molecule has 8 nitrogen and oxygen atoms in total. The molecule has 2 aromatic rings. The molecule has 0 bridgehead atoms. The van der Waals surface area contributed by atoms with E-state index in [9.17, 15) is 18.0 Å². The second-order valence-electron chi connectivity index (χ2n) is 7.97. The van der Waals surface area contributed by atoms with E-state index in [-0.39, 0.29) is 34.4 Å². The first-order valence-electron chi connectivity index (χ1n) is 10.4. The Balaban J connectivity index is 1.83. The Morgan fingerprint density at radius 2 is 2.06 bits per heavy atom. The first kappa shape index (κ1) is 24.8. The van der Waals surface area contributed by atoms with Gasteiger partial charge in [-0.2, -0.15) is 13.2 Å². The molecule has 0 aliphatic carbocycles. The molecule has 180 valence electrons. The number of ether oxygens (including phenoxy) is 1. The van der Waals surface area contributed by atoms with Crippen LogP contribution in [0.3, 0.4) is 0 Å². The topological polar surface area (TPSA) is 119 Å². The number of likely N-dealkylation sites (tertiary alicyclic amines) is 1. The van der Waals surface area contributed by atoms with Gasteiger partial charge in [-0.3, -0.25) is 4.79 Å². The molecule has 0 spiro atoms. The maximum Gasteiger partial charge on any atom is 0.425 e. The number of aromatic nitrogens is 1. The first-order chi connectivity index (χ1) is 15.5. The van der Waals surface area contributed by atoms with Crippen molar-refractivity contribution in [2.45, 2.75) is 45.0 Å². The molecule has 0 radical (unpaired) electrons. The van der Waals surface area contributed by atoms with Gasteiger partial charge in [0.2, 0.25) is 5.88 Å². The molecule has 0 saturated carbocycles. The number of amidine groups is 1. The molecule has 1 aliphatic heterocycles. The molecule has 33 heavy (non-hydrogen) atoms. The van der Waals surface area contributed by atoms with E-state index in [4.69, 9.17) is 16.2 Å². The Labute approximate surface area is 193 Å². The Morgan fingerprint density at radius 3 is 2.70 bits per heavy atom. The molecular weight excluding hydrogens is 457 g/mol. The van der Waals surface area contributed by atoms with Crippen molar-refractivity contribution in [1.82, 2.24) is 15.2 Å². The highest BCUT2D eigenvalue weighted by molar-refractivity contribution is 7.18. The zero-order valence-corrected chi connectivity index (χ0v) is 19.4. The summed E-state index contributed by atoms with van der Waals surface area (Å²) in [4.78, 5) is 23.5. The lowest BCUT2D eigenvalue weighted by Gasteiger charge is -2.29. The second-order valence-corrected chi connectivity index (χ2v) is 9.03. The standard InChI is InChI=1S/C21H27F3N6O2S/c1-11-15(18(26)33-16(11)19(31)28-13-6-9-30(3)10-7-13)17(25)29-14-5-4-8-27-20(14)32-12(2)21(22,23)24/h4-5,8,12-13H,6-7,9-10,26H2,1-3H3,(H2,25,29)(H,28,31). The normalized spacial score (nSPS) is 17.1. The summed E-state index contributed by atoms with van der Waals surface area (Å²) >= 11 is 1.09.